The van der Waals surface area contributed by atoms with Crippen LogP contribution in [0.5, 0.6) is 0 Å². The first-order valence-corrected chi connectivity index (χ1v) is 8.97. The second kappa shape index (κ2) is 8.08. The van der Waals surface area contributed by atoms with Gasteiger partial charge in [-0.25, -0.2) is 0 Å². The Morgan fingerprint density at radius 2 is 2.04 bits per heavy atom. The number of nitrogens with zero attached hydrogens (tertiary/aromatic N) is 3. The molecule has 1 aromatic heterocycles. The van der Waals surface area contributed by atoms with Crippen LogP contribution < -0.4 is 10.2 Å². The molecular weight excluding hydrogens is 328 g/mol. The minimum Gasteiger partial charge on any atom is -0.355 e. The lowest BCUT2D eigenvalue weighted by molar-refractivity contribution is -0.126. The molecule has 6 nitrogen and oxygen atoms in total. The molecule has 2 amide bonds. The Labute approximate surface area is 153 Å². The minimum absolute atomic E-state index is 0.00336. The van der Waals surface area contributed by atoms with Crippen molar-refractivity contribution in [2.45, 2.75) is 32.6 Å². The van der Waals surface area contributed by atoms with E-state index in [0.29, 0.717) is 25.4 Å². The van der Waals surface area contributed by atoms with Crippen LogP contribution in [0.15, 0.2) is 42.9 Å². The Bertz CT molecular complexity index is 759. The monoisotopic (exact) mass is 352 g/mol. The van der Waals surface area contributed by atoms with Crippen molar-refractivity contribution in [1.82, 2.24) is 15.3 Å². The molecule has 1 atom stereocenters. The van der Waals surface area contributed by atoms with E-state index in [1.807, 2.05) is 24.3 Å². The molecule has 1 N–H and O–H groups in total. The molecule has 1 fully saturated rings. The van der Waals surface area contributed by atoms with Gasteiger partial charge in [0, 0.05) is 50.2 Å². The highest BCUT2D eigenvalue weighted by molar-refractivity contribution is 6.00. The fraction of sp³-hybridized carbons (Fsp3) is 0.400. The fourth-order valence-electron chi connectivity index (χ4n) is 3.09. The summed E-state index contributed by atoms with van der Waals surface area (Å²) in [4.78, 5) is 34.6. The van der Waals surface area contributed by atoms with Crippen molar-refractivity contribution >= 4 is 17.5 Å². The third kappa shape index (κ3) is 4.25. The maximum absolute atomic E-state index is 12.4. The average Bonchev–Trinajstić information content (AvgIpc) is 3.04. The predicted molar refractivity (Wildman–Crippen MR) is 99.7 cm³/mol. The molecule has 1 aromatic carbocycles. The molecule has 0 spiro atoms. The maximum Gasteiger partial charge on any atom is 0.227 e. The van der Waals surface area contributed by atoms with Gasteiger partial charge in [0.1, 0.15) is 0 Å². The number of aromatic nitrogens is 2. The Morgan fingerprint density at radius 1 is 1.27 bits per heavy atom. The summed E-state index contributed by atoms with van der Waals surface area (Å²) in [5.74, 6) is 0.0557. The van der Waals surface area contributed by atoms with Gasteiger partial charge in [0.05, 0.1) is 11.6 Å². The Balaban J connectivity index is 1.54. The van der Waals surface area contributed by atoms with E-state index in [2.05, 4.69) is 29.1 Å². The van der Waals surface area contributed by atoms with Gasteiger partial charge in [-0.2, -0.15) is 0 Å². The SMILES string of the molecule is CC(C)c1ccc(N2CC(C(=O)NCCc3cnccn3)CC2=O)cc1. The standard InChI is InChI=1S/C20H24N4O2/c1-14(2)15-3-5-18(6-4-15)24-13-16(11-19(24)25)20(26)23-8-7-17-12-21-9-10-22-17/h3-6,9-10,12,14,16H,7-8,11,13H2,1-2H3,(H,23,26). The second-order valence-corrected chi connectivity index (χ2v) is 6.89. The second-order valence-electron chi connectivity index (χ2n) is 6.89. The Kier molecular flexibility index (Phi) is 5.61. The zero-order valence-electron chi connectivity index (χ0n) is 15.2. The fourth-order valence-corrected chi connectivity index (χ4v) is 3.09. The van der Waals surface area contributed by atoms with E-state index >= 15 is 0 Å². The molecule has 3 rings (SSSR count). The molecule has 6 heteroatoms. The van der Waals surface area contributed by atoms with Gasteiger partial charge in [0.25, 0.3) is 0 Å². The lowest BCUT2D eigenvalue weighted by Crippen LogP contribution is -2.34. The molecule has 0 bridgehead atoms. The van der Waals surface area contributed by atoms with Crippen LogP contribution in [0.1, 0.15) is 37.4 Å². The highest BCUT2D eigenvalue weighted by Gasteiger charge is 2.34. The predicted octanol–water partition coefficient (Wildman–Crippen LogP) is 2.31. The average molecular weight is 352 g/mol. The molecule has 26 heavy (non-hydrogen) atoms. The summed E-state index contributed by atoms with van der Waals surface area (Å²) in [5.41, 5.74) is 2.93. The number of rotatable bonds is 6. The molecular formula is C20H24N4O2. The van der Waals surface area contributed by atoms with Crippen LogP contribution in [0.3, 0.4) is 0 Å². The van der Waals surface area contributed by atoms with Crippen LogP contribution >= 0.6 is 0 Å². The molecule has 0 radical (unpaired) electrons. The normalized spacial score (nSPS) is 17.0. The Morgan fingerprint density at radius 3 is 2.69 bits per heavy atom. The molecule has 1 saturated heterocycles. The maximum atomic E-state index is 12.4. The number of amides is 2. The number of benzene rings is 1. The van der Waals surface area contributed by atoms with Gasteiger partial charge in [-0.15, -0.1) is 0 Å². The van der Waals surface area contributed by atoms with Gasteiger partial charge in [-0.05, 0) is 23.6 Å². The third-order valence-corrected chi connectivity index (χ3v) is 4.66. The first-order chi connectivity index (χ1) is 12.5. The van der Waals surface area contributed by atoms with Gasteiger partial charge >= 0.3 is 0 Å². The van der Waals surface area contributed by atoms with Crippen LogP contribution in [0.25, 0.3) is 0 Å². The van der Waals surface area contributed by atoms with Gasteiger partial charge in [-0.3, -0.25) is 19.6 Å². The van der Waals surface area contributed by atoms with E-state index in [-0.39, 0.29) is 24.2 Å². The van der Waals surface area contributed by atoms with E-state index in [1.165, 1.54) is 5.56 Å². The van der Waals surface area contributed by atoms with E-state index in [1.54, 1.807) is 23.5 Å². The molecule has 1 unspecified atom stereocenters. The van der Waals surface area contributed by atoms with E-state index < -0.39 is 0 Å². The highest BCUT2D eigenvalue weighted by atomic mass is 16.2. The summed E-state index contributed by atoms with van der Waals surface area (Å²) in [6.45, 7) is 5.19. The molecule has 0 saturated carbocycles. The number of carbonyl (C=O) groups excluding carboxylic acids is 2. The van der Waals surface area contributed by atoms with Crippen molar-refractivity contribution < 1.29 is 9.59 Å². The number of anilines is 1. The number of nitrogens with one attached hydrogen (secondary N) is 1. The number of hydrogen-bond acceptors (Lipinski definition) is 4. The topological polar surface area (TPSA) is 75.2 Å². The van der Waals surface area contributed by atoms with Gasteiger partial charge in [-0.1, -0.05) is 26.0 Å². The Hall–Kier alpha value is -2.76. The van der Waals surface area contributed by atoms with Crippen molar-refractivity contribution in [2.24, 2.45) is 5.92 Å². The highest BCUT2D eigenvalue weighted by Crippen LogP contribution is 2.26. The summed E-state index contributed by atoms with van der Waals surface area (Å²) in [7, 11) is 0. The van der Waals surface area contributed by atoms with E-state index in [9.17, 15) is 9.59 Å². The number of hydrogen-bond donors (Lipinski definition) is 1. The van der Waals surface area contributed by atoms with Crippen molar-refractivity contribution in [2.75, 3.05) is 18.0 Å². The van der Waals surface area contributed by atoms with Crippen LogP contribution in [0.4, 0.5) is 5.69 Å². The number of carbonyl (C=O) groups is 2. The molecule has 1 aliphatic rings. The van der Waals surface area contributed by atoms with Crippen LogP contribution in [-0.2, 0) is 16.0 Å². The molecule has 2 aromatic rings. The first kappa shape index (κ1) is 18.0. The van der Waals surface area contributed by atoms with E-state index in [0.717, 1.165) is 11.4 Å². The molecule has 0 aliphatic carbocycles. The van der Waals surface area contributed by atoms with Gasteiger partial charge < -0.3 is 10.2 Å². The summed E-state index contributed by atoms with van der Waals surface area (Å²) in [5, 5.41) is 2.90. The van der Waals surface area contributed by atoms with Crippen LogP contribution in [0.2, 0.25) is 0 Å². The van der Waals surface area contributed by atoms with Crippen molar-refractivity contribution in [3.8, 4) is 0 Å². The van der Waals surface area contributed by atoms with Crippen molar-refractivity contribution in [3.63, 3.8) is 0 Å². The van der Waals surface area contributed by atoms with E-state index in [4.69, 9.17) is 0 Å². The lowest BCUT2D eigenvalue weighted by Gasteiger charge is -2.17. The van der Waals surface area contributed by atoms with Crippen LogP contribution in [0, 0.1) is 5.92 Å². The first-order valence-electron chi connectivity index (χ1n) is 8.97. The van der Waals surface area contributed by atoms with Gasteiger partial charge in [0.15, 0.2) is 0 Å². The lowest BCUT2D eigenvalue weighted by atomic mass is 10.0. The summed E-state index contributed by atoms with van der Waals surface area (Å²) in [6.07, 6.45) is 5.82. The smallest absolute Gasteiger partial charge is 0.227 e. The van der Waals surface area contributed by atoms with Crippen LogP contribution in [-0.4, -0.2) is 34.9 Å². The molecule has 136 valence electrons. The molecule has 2 heterocycles. The van der Waals surface area contributed by atoms with Gasteiger partial charge in [0.2, 0.25) is 11.8 Å². The van der Waals surface area contributed by atoms with Crippen molar-refractivity contribution in [1.29, 1.82) is 0 Å². The third-order valence-electron chi connectivity index (χ3n) is 4.66. The summed E-state index contributed by atoms with van der Waals surface area (Å²) < 4.78 is 0. The van der Waals surface area contributed by atoms with Crippen molar-refractivity contribution in [3.05, 3.63) is 54.1 Å². The quantitative estimate of drug-likeness (QED) is 0.866. The zero-order chi connectivity index (χ0) is 18.5. The summed E-state index contributed by atoms with van der Waals surface area (Å²) >= 11 is 0. The zero-order valence-corrected chi connectivity index (χ0v) is 15.2. The largest absolute Gasteiger partial charge is 0.355 e. The molecule has 1 aliphatic heterocycles. The minimum atomic E-state index is -0.311. The summed E-state index contributed by atoms with van der Waals surface area (Å²) in [6, 6.07) is 8.01.